The van der Waals surface area contributed by atoms with Crippen LogP contribution in [0.5, 0.6) is 0 Å². The van der Waals surface area contributed by atoms with E-state index in [1.54, 1.807) is 0 Å². The molecular formula is C19H34N2S. The molecule has 0 aliphatic carbocycles. The SMILES string of the molecule is CCCN(CCCNCCCSCc1ccccc1)C(C)C. The van der Waals surface area contributed by atoms with Crippen LogP contribution in [-0.2, 0) is 5.75 Å². The molecule has 1 aromatic carbocycles. The Morgan fingerprint density at radius 2 is 1.77 bits per heavy atom. The van der Waals surface area contributed by atoms with Gasteiger partial charge in [0.25, 0.3) is 0 Å². The van der Waals surface area contributed by atoms with E-state index in [0.29, 0.717) is 6.04 Å². The lowest BCUT2D eigenvalue weighted by Gasteiger charge is -2.25. The Morgan fingerprint density at radius 3 is 2.45 bits per heavy atom. The second kappa shape index (κ2) is 13.0. The van der Waals surface area contributed by atoms with Crippen LogP contribution in [-0.4, -0.2) is 42.9 Å². The molecule has 0 bridgehead atoms. The standard InChI is InChI=1S/C19H34N2S/c1-4-14-21(18(2)3)15-8-12-20-13-9-16-22-17-19-10-6-5-7-11-19/h5-7,10-11,18,20H,4,8-9,12-17H2,1-3H3. The molecule has 0 amide bonds. The van der Waals surface area contributed by atoms with Crippen molar-refractivity contribution in [3.05, 3.63) is 35.9 Å². The number of thioether (sulfide) groups is 1. The number of nitrogens with one attached hydrogen (secondary N) is 1. The average molecular weight is 323 g/mol. The highest BCUT2D eigenvalue weighted by molar-refractivity contribution is 7.98. The molecule has 22 heavy (non-hydrogen) atoms. The predicted octanol–water partition coefficient (Wildman–Crippen LogP) is 4.41. The first kappa shape index (κ1) is 19.5. The zero-order chi connectivity index (χ0) is 16.0. The summed E-state index contributed by atoms with van der Waals surface area (Å²) in [6.45, 7) is 11.6. The molecular weight excluding hydrogens is 288 g/mol. The Kier molecular flexibility index (Phi) is 11.5. The van der Waals surface area contributed by atoms with Crippen LogP contribution in [0.15, 0.2) is 30.3 Å². The molecule has 0 unspecified atom stereocenters. The van der Waals surface area contributed by atoms with E-state index in [2.05, 4.69) is 61.3 Å². The smallest absolute Gasteiger partial charge is 0.0184 e. The van der Waals surface area contributed by atoms with Crippen molar-refractivity contribution in [1.29, 1.82) is 0 Å². The molecule has 3 heteroatoms. The summed E-state index contributed by atoms with van der Waals surface area (Å²) in [5, 5.41) is 3.58. The average Bonchev–Trinajstić information content (AvgIpc) is 2.53. The molecule has 0 aromatic heterocycles. The second-order valence-corrected chi connectivity index (χ2v) is 7.23. The highest BCUT2D eigenvalue weighted by Crippen LogP contribution is 2.12. The van der Waals surface area contributed by atoms with E-state index in [9.17, 15) is 0 Å². The van der Waals surface area contributed by atoms with Gasteiger partial charge in [0.2, 0.25) is 0 Å². The maximum atomic E-state index is 3.58. The Morgan fingerprint density at radius 1 is 1.05 bits per heavy atom. The summed E-state index contributed by atoms with van der Waals surface area (Å²) in [5.41, 5.74) is 1.44. The molecule has 126 valence electrons. The second-order valence-electron chi connectivity index (χ2n) is 6.13. The van der Waals surface area contributed by atoms with E-state index >= 15 is 0 Å². The van der Waals surface area contributed by atoms with Gasteiger partial charge < -0.3 is 10.2 Å². The molecule has 1 aromatic rings. The summed E-state index contributed by atoms with van der Waals surface area (Å²) >= 11 is 2.04. The monoisotopic (exact) mass is 322 g/mol. The first-order valence-electron chi connectivity index (χ1n) is 8.80. The van der Waals surface area contributed by atoms with Crippen LogP contribution < -0.4 is 5.32 Å². The highest BCUT2D eigenvalue weighted by atomic mass is 32.2. The molecule has 1 N–H and O–H groups in total. The Balaban J connectivity index is 1.91. The predicted molar refractivity (Wildman–Crippen MR) is 102 cm³/mol. The van der Waals surface area contributed by atoms with Crippen molar-refractivity contribution in [2.45, 2.75) is 51.8 Å². The normalized spacial score (nSPS) is 11.5. The molecule has 1 rings (SSSR count). The maximum absolute atomic E-state index is 3.58. The number of nitrogens with zero attached hydrogens (tertiary/aromatic N) is 1. The zero-order valence-corrected chi connectivity index (χ0v) is 15.5. The van der Waals surface area contributed by atoms with Crippen LogP contribution in [0.25, 0.3) is 0 Å². The topological polar surface area (TPSA) is 15.3 Å². The first-order valence-corrected chi connectivity index (χ1v) is 9.96. The van der Waals surface area contributed by atoms with E-state index < -0.39 is 0 Å². The fraction of sp³-hybridized carbons (Fsp3) is 0.684. The van der Waals surface area contributed by atoms with Gasteiger partial charge in [-0.2, -0.15) is 11.8 Å². The lowest BCUT2D eigenvalue weighted by atomic mass is 10.2. The van der Waals surface area contributed by atoms with Gasteiger partial charge in [0.15, 0.2) is 0 Å². The molecule has 2 nitrogen and oxygen atoms in total. The third kappa shape index (κ3) is 9.50. The van der Waals surface area contributed by atoms with E-state index in [-0.39, 0.29) is 0 Å². The van der Waals surface area contributed by atoms with E-state index in [4.69, 9.17) is 0 Å². The van der Waals surface area contributed by atoms with Gasteiger partial charge in [-0.25, -0.2) is 0 Å². The van der Waals surface area contributed by atoms with E-state index in [1.165, 1.54) is 43.7 Å². The van der Waals surface area contributed by atoms with Crippen LogP contribution in [0.3, 0.4) is 0 Å². The number of hydrogen-bond acceptors (Lipinski definition) is 3. The highest BCUT2D eigenvalue weighted by Gasteiger charge is 2.06. The molecule has 0 heterocycles. The summed E-state index contributed by atoms with van der Waals surface area (Å²) in [5.74, 6) is 2.39. The molecule has 0 spiro atoms. The Bertz CT molecular complexity index is 354. The first-order chi connectivity index (χ1) is 10.7. The fourth-order valence-corrected chi connectivity index (χ4v) is 3.43. The van der Waals surface area contributed by atoms with Gasteiger partial charge in [-0.1, -0.05) is 37.3 Å². The molecule has 0 aliphatic rings. The van der Waals surface area contributed by atoms with Crippen molar-refractivity contribution >= 4 is 11.8 Å². The van der Waals surface area contributed by atoms with Gasteiger partial charge >= 0.3 is 0 Å². The van der Waals surface area contributed by atoms with Gasteiger partial charge in [-0.05, 0) is 70.6 Å². The Labute approximate surface area is 142 Å². The van der Waals surface area contributed by atoms with Gasteiger partial charge in [0.1, 0.15) is 0 Å². The van der Waals surface area contributed by atoms with Gasteiger partial charge in [0.05, 0.1) is 0 Å². The molecule has 0 aliphatic heterocycles. The third-order valence-electron chi connectivity index (χ3n) is 3.79. The number of benzene rings is 1. The van der Waals surface area contributed by atoms with Crippen molar-refractivity contribution < 1.29 is 0 Å². The van der Waals surface area contributed by atoms with E-state index in [0.717, 1.165) is 18.8 Å². The van der Waals surface area contributed by atoms with Crippen molar-refractivity contribution in [2.75, 3.05) is 31.9 Å². The lowest BCUT2D eigenvalue weighted by molar-refractivity contribution is 0.219. The number of rotatable bonds is 13. The summed E-state index contributed by atoms with van der Waals surface area (Å²) in [7, 11) is 0. The van der Waals surface area contributed by atoms with Crippen LogP contribution >= 0.6 is 11.8 Å². The van der Waals surface area contributed by atoms with Crippen LogP contribution in [0.2, 0.25) is 0 Å². The Hall–Kier alpha value is -0.510. The lowest BCUT2D eigenvalue weighted by Crippen LogP contribution is -2.34. The van der Waals surface area contributed by atoms with Crippen molar-refractivity contribution in [3.63, 3.8) is 0 Å². The van der Waals surface area contributed by atoms with Gasteiger partial charge in [0, 0.05) is 11.8 Å². The summed E-state index contributed by atoms with van der Waals surface area (Å²) < 4.78 is 0. The summed E-state index contributed by atoms with van der Waals surface area (Å²) in [6.07, 6.45) is 3.78. The molecule has 0 fully saturated rings. The minimum absolute atomic E-state index is 0.675. The van der Waals surface area contributed by atoms with E-state index in [1.807, 2.05) is 11.8 Å². The zero-order valence-electron chi connectivity index (χ0n) is 14.7. The maximum Gasteiger partial charge on any atom is 0.0184 e. The van der Waals surface area contributed by atoms with Crippen LogP contribution in [0.4, 0.5) is 0 Å². The molecule has 0 radical (unpaired) electrons. The van der Waals surface area contributed by atoms with Gasteiger partial charge in [-0.3, -0.25) is 0 Å². The molecule has 0 saturated heterocycles. The van der Waals surface area contributed by atoms with Crippen molar-refractivity contribution in [1.82, 2.24) is 10.2 Å². The largest absolute Gasteiger partial charge is 0.317 e. The van der Waals surface area contributed by atoms with Crippen molar-refractivity contribution in [3.8, 4) is 0 Å². The van der Waals surface area contributed by atoms with Crippen molar-refractivity contribution in [2.24, 2.45) is 0 Å². The van der Waals surface area contributed by atoms with Crippen LogP contribution in [0, 0.1) is 0 Å². The van der Waals surface area contributed by atoms with Gasteiger partial charge in [-0.15, -0.1) is 0 Å². The number of hydrogen-bond donors (Lipinski definition) is 1. The minimum atomic E-state index is 0.675. The summed E-state index contributed by atoms with van der Waals surface area (Å²) in [6, 6.07) is 11.4. The summed E-state index contributed by atoms with van der Waals surface area (Å²) in [4.78, 5) is 2.58. The molecule has 0 atom stereocenters. The van der Waals surface area contributed by atoms with Crippen LogP contribution in [0.1, 0.15) is 45.6 Å². The molecule has 0 saturated carbocycles. The fourth-order valence-electron chi connectivity index (χ4n) is 2.51. The minimum Gasteiger partial charge on any atom is -0.317 e. The quantitative estimate of drug-likeness (QED) is 0.542. The third-order valence-corrected chi connectivity index (χ3v) is 4.91.